The Morgan fingerprint density at radius 2 is 2.00 bits per heavy atom. The maximum Gasteiger partial charge on any atom is 0.0639 e. The van der Waals surface area contributed by atoms with E-state index in [1.165, 1.54) is 24.8 Å². The zero-order chi connectivity index (χ0) is 12.4. The zero-order valence-corrected chi connectivity index (χ0v) is 11.4. The summed E-state index contributed by atoms with van der Waals surface area (Å²) >= 11 is 0. The second-order valence-corrected chi connectivity index (χ2v) is 5.28. The van der Waals surface area contributed by atoms with Crippen molar-refractivity contribution in [1.82, 2.24) is 20.2 Å². The van der Waals surface area contributed by atoms with Gasteiger partial charge in [-0.25, -0.2) is 5.01 Å². The SMILES string of the molecule is Cc1nn(C)cc1CNN1C(C)CCCC1C. The summed E-state index contributed by atoms with van der Waals surface area (Å²) < 4.78 is 1.88. The molecule has 0 radical (unpaired) electrons. The lowest BCUT2D eigenvalue weighted by molar-refractivity contribution is 0.0435. The van der Waals surface area contributed by atoms with E-state index < -0.39 is 0 Å². The summed E-state index contributed by atoms with van der Waals surface area (Å²) in [5.41, 5.74) is 5.98. The molecule has 2 unspecified atom stereocenters. The van der Waals surface area contributed by atoms with Crippen LogP contribution in [0.15, 0.2) is 6.20 Å². The van der Waals surface area contributed by atoms with Gasteiger partial charge in [-0.2, -0.15) is 5.10 Å². The van der Waals surface area contributed by atoms with Crippen LogP contribution in [0, 0.1) is 6.92 Å². The van der Waals surface area contributed by atoms with Gasteiger partial charge in [0.25, 0.3) is 0 Å². The van der Waals surface area contributed by atoms with Gasteiger partial charge in [0, 0.05) is 37.4 Å². The van der Waals surface area contributed by atoms with Gasteiger partial charge in [0.15, 0.2) is 0 Å². The highest BCUT2D eigenvalue weighted by atomic mass is 15.5. The monoisotopic (exact) mass is 236 g/mol. The van der Waals surface area contributed by atoms with Gasteiger partial charge in [-0.1, -0.05) is 6.42 Å². The first-order chi connectivity index (χ1) is 8.08. The van der Waals surface area contributed by atoms with Gasteiger partial charge in [0.1, 0.15) is 0 Å². The molecular formula is C13H24N4. The number of nitrogens with zero attached hydrogens (tertiary/aromatic N) is 3. The first kappa shape index (κ1) is 12.6. The van der Waals surface area contributed by atoms with Gasteiger partial charge in [-0.15, -0.1) is 0 Å². The molecular weight excluding hydrogens is 212 g/mol. The van der Waals surface area contributed by atoms with Crippen LogP contribution >= 0.6 is 0 Å². The standard InChI is InChI=1S/C13H24N4/c1-10-6-5-7-11(2)17(10)14-8-13-9-16(4)15-12(13)3/h9-11,14H,5-8H2,1-4H3. The number of hydrogen-bond acceptors (Lipinski definition) is 3. The summed E-state index contributed by atoms with van der Waals surface area (Å²) in [5.74, 6) is 0. The molecule has 1 N–H and O–H groups in total. The van der Waals surface area contributed by atoms with E-state index in [1.54, 1.807) is 0 Å². The fraction of sp³-hybridized carbons (Fsp3) is 0.769. The Balaban J connectivity index is 1.94. The van der Waals surface area contributed by atoms with Gasteiger partial charge in [0.05, 0.1) is 5.69 Å². The molecule has 4 nitrogen and oxygen atoms in total. The Morgan fingerprint density at radius 3 is 2.53 bits per heavy atom. The Hall–Kier alpha value is -0.870. The number of nitrogens with one attached hydrogen (secondary N) is 1. The fourth-order valence-corrected chi connectivity index (χ4v) is 2.73. The molecule has 1 aromatic rings. The Morgan fingerprint density at radius 1 is 1.35 bits per heavy atom. The van der Waals surface area contributed by atoms with E-state index in [9.17, 15) is 0 Å². The van der Waals surface area contributed by atoms with E-state index in [0.717, 1.165) is 12.2 Å². The van der Waals surface area contributed by atoms with Crippen molar-refractivity contribution in [2.24, 2.45) is 7.05 Å². The second kappa shape index (κ2) is 5.19. The Labute approximate surface area is 104 Å². The number of hydrazine groups is 1. The molecule has 1 fully saturated rings. The molecule has 2 atom stereocenters. The molecule has 0 aromatic carbocycles. The molecule has 1 aliphatic rings. The van der Waals surface area contributed by atoms with Crippen LogP contribution in [-0.2, 0) is 13.6 Å². The second-order valence-electron chi connectivity index (χ2n) is 5.28. The van der Waals surface area contributed by atoms with E-state index in [4.69, 9.17) is 0 Å². The number of aromatic nitrogens is 2. The van der Waals surface area contributed by atoms with E-state index in [2.05, 4.69) is 42.5 Å². The highest BCUT2D eigenvalue weighted by molar-refractivity contribution is 5.14. The van der Waals surface area contributed by atoms with Crippen LogP contribution in [0.25, 0.3) is 0 Å². The smallest absolute Gasteiger partial charge is 0.0639 e. The van der Waals surface area contributed by atoms with Crippen molar-refractivity contribution in [2.75, 3.05) is 0 Å². The highest BCUT2D eigenvalue weighted by Crippen LogP contribution is 2.20. The quantitative estimate of drug-likeness (QED) is 0.871. The minimum atomic E-state index is 0.635. The molecule has 1 aromatic heterocycles. The average molecular weight is 236 g/mol. The molecule has 0 saturated carbocycles. The van der Waals surface area contributed by atoms with Crippen LogP contribution in [0.4, 0.5) is 0 Å². The maximum absolute atomic E-state index is 4.37. The third-order valence-corrected chi connectivity index (χ3v) is 3.76. The predicted molar refractivity (Wildman–Crippen MR) is 69.4 cm³/mol. The van der Waals surface area contributed by atoms with Crippen molar-refractivity contribution in [3.63, 3.8) is 0 Å². The zero-order valence-electron chi connectivity index (χ0n) is 11.4. The molecule has 0 aliphatic carbocycles. The lowest BCUT2D eigenvalue weighted by Gasteiger charge is -2.39. The van der Waals surface area contributed by atoms with Crippen molar-refractivity contribution < 1.29 is 0 Å². The number of rotatable bonds is 3. The van der Waals surface area contributed by atoms with Crippen molar-refractivity contribution in [1.29, 1.82) is 0 Å². The van der Waals surface area contributed by atoms with Crippen LogP contribution in [0.5, 0.6) is 0 Å². The van der Waals surface area contributed by atoms with E-state index in [0.29, 0.717) is 12.1 Å². The Bertz CT molecular complexity index is 361. The molecule has 1 aliphatic heterocycles. The van der Waals surface area contributed by atoms with Gasteiger partial charge in [-0.05, 0) is 33.6 Å². The van der Waals surface area contributed by atoms with Crippen molar-refractivity contribution >= 4 is 0 Å². The van der Waals surface area contributed by atoms with Crippen LogP contribution < -0.4 is 5.43 Å². The van der Waals surface area contributed by atoms with Crippen LogP contribution in [0.1, 0.15) is 44.4 Å². The van der Waals surface area contributed by atoms with E-state index in [1.807, 2.05) is 11.7 Å². The first-order valence-electron chi connectivity index (χ1n) is 6.59. The lowest BCUT2D eigenvalue weighted by Crippen LogP contribution is -2.51. The van der Waals surface area contributed by atoms with E-state index >= 15 is 0 Å². The summed E-state index contributed by atoms with van der Waals surface area (Å²) in [4.78, 5) is 0. The molecule has 0 spiro atoms. The maximum atomic E-state index is 4.37. The van der Waals surface area contributed by atoms with Crippen molar-refractivity contribution in [3.05, 3.63) is 17.5 Å². The van der Waals surface area contributed by atoms with Gasteiger partial charge in [-0.3, -0.25) is 10.1 Å². The summed E-state index contributed by atoms with van der Waals surface area (Å²) in [6.45, 7) is 7.56. The number of hydrogen-bond donors (Lipinski definition) is 1. The molecule has 1 saturated heterocycles. The van der Waals surface area contributed by atoms with Crippen molar-refractivity contribution in [2.45, 2.75) is 58.7 Å². The third kappa shape index (κ3) is 2.87. The Kier molecular flexibility index (Phi) is 3.84. The van der Waals surface area contributed by atoms with E-state index in [-0.39, 0.29) is 0 Å². The molecule has 2 heterocycles. The topological polar surface area (TPSA) is 33.1 Å². The normalized spacial score (nSPS) is 26.4. The molecule has 0 amide bonds. The summed E-state index contributed by atoms with van der Waals surface area (Å²) in [6.07, 6.45) is 6.04. The summed E-state index contributed by atoms with van der Waals surface area (Å²) in [6, 6.07) is 1.27. The molecule has 0 bridgehead atoms. The third-order valence-electron chi connectivity index (χ3n) is 3.76. The van der Waals surface area contributed by atoms with Crippen LogP contribution in [0.3, 0.4) is 0 Å². The lowest BCUT2D eigenvalue weighted by atomic mass is 10.00. The number of aryl methyl sites for hydroxylation is 2. The first-order valence-corrected chi connectivity index (χ1v) is 6.59. The van der Waals surface area contributed by atoms with Gasteiger partial charge >= 0.3 is 0 Å². The molecule has 4 heteroatoms. The average Bonchev–Trinajstić information content (AvgIpc) is 2.57. The summed E-state index contributed by atoms with van der Waals surface area (Å²) in [5, 5.41) is 6.78. The largest absolute Gasteiger partial charge is 0.275 e. The molecule has 2 rings (SSSR count). The molecule has 96 valence electrons. The minimum Gasteiger partial charge on any atom is -0.275 e. The van der Waals surface area contributed by atoms with Crippen LogP contribution in [0.2, 0.25) is 0 Å². The number of piperidine rings is 1. The molecule has 17 heavy (non-hydrogen) atoms. The predicted octanol–water partition coefficient (Wildman–Crippen LogP) is 2.00. The van der Waals surface area contributed by atoms with Crippen molar-refractivity contribution in [3.8, 4) is 0 Å². The minimum absolute atomic E-state index is 0.635. The van der Waals surface area contributed by atoms with Gasteiger partial charge in [0.2, 0.25) is 0 Å². The summed E-state index contributed by atoms with van der Waals surface area (Å²) in [7, 11) is 1.97. The van der Waals surface area contributed by atoms with Crippen LogP contribution in [-0.4, -0.2) is 26.9 Å². The fourth-order valence-electron chi connectivity index (χ4n) is 2.73. The highest BCUT2D eigenvalue weighted by Gasteiger charge is 2.24. The van der Waals surface area contributed by atoms with Gasteiger partial charge < -0.3 is 0 Å².